The number of rotatable bonds is 5. The molecular weight excluding hydrogens is 236 g/mol. The number of hydrogen-bond donors (Lipinski definition) is 2. The number of allylic oxidation sites excluding steroid dienone is 5. The van der Waals surface area contributed by atoms with Gasteiger partial charge in [-0.2, -0.15) is 0 Å². The molecule has 0 aromatic heterocycles. The summed E-state index contributed by atoms with van der Waals surface area (Å²) in [7, 11) is 0. The van der Waals surface area contributed by atoms with Crippen molar-refractivity contribution in [2.45, 2.75) is 66.1 Å². The average molecular weight is 264 g/mol. The Labute approximate surface area is 117 Å². The third-order valence-corrected chi connectivity index (χ3v) is 4.03. The Morgan fingerprint density at radius 2 is 1.84 bits per heavy atom. The van der Waals surface area contributed by atoms with E-state index in [9.17, 15) is 10.2 Å². The summed E-state index contributed by atoms with van der Waals surface area (Å²) in [5.74, 6) is 0. The van der Waals surface area contributed by atoms with Gasteiger partial charge in [0.05, 0.1) is 12.2 Å². The first-order valence-corrected chi connectivity index (χ1v) is 7.16. The van der Waals surface area contributed by atoms with Crippen LogP contribution in [0.2, 0.25) is 0 Å². The molecule has 1 rings (SSSR count). The second-order valence-electron chi connectivity index (χ2n) is 6.20. The van der Waals surface area contributed by atoms with E-state index in [1.807, 2.05) is 13.8 Å². The Balaban J connectivity index is 2.97. The molecule has 3 unspecified atom stereocenters. The summed E-state index contributed by atoms with van der Waals surface area (Å²) in [5.41, 5.74) is 3.79. The van der Waals surface area contributed by atoms with Gasteiger partial charge in [-0.3, -0.25) is 0 Å². The molecule has 0 bridgehead atoms. The minimum Gasteiger partial charge on any atom is -0.393 e. The van der Waals surface area contributed by atoms with E-state index in [-0.39, 0.29) is 17.6 Å². The molecule has 1 aliphatic carbocycles. The summed E-state index contributed by atoms with van der Waals surface area (Å²) in [4.78, 5) is 0. The maximum atomic E-state index is 9.79. The van der Waals surface area contributed by atoms with Crippen LogP contribution in [0.4, 0.5) is 0 Å². The van der Waals surface area contributed by atoms with Crippen LogP contribution in [-0.4, -0.2) is 22.4 Å². The Morgan fingerprint density at radius 1 is 1.21 bits per heavy atom. The molecule has 19 heavy (non-hydrogen) atoms. The smallest absolute Gasteiger partial charge is 0.0552 e. The van der Waals surface area contributed by atoms with E-state index in [1.165, 1.54) is 16.7 Å². The summed E-state index contributed by atoms with van der Waals surface area (Å²) in [6, 6.07) is 0. The summed E-state index contributed by atoms with van der Waals surface area (Å²) in [5, 5.41) is 19.2. The van der Waals surface area contributed by atoms with Gasteiger partial charge >= 0.3 is 0 Å². The van der Waals surface area contributed by atoms with Crippen molar-refractivity contribution in [3.63, 3.8) is 0 Å². The highest BCUT2D eigenvalue weighted by Crippen LogP contribution is 2.43. The fourth-order valence-electron chi connectivity index (χ4n) is 2.82. The van der Waals surface area contributed by atoms with Crippen LogP contribution in [0.15, 0.2) is 34.9 Å². The van der Waals surface area contributed by atoms with Gasteiger partial charge in [0, 0.05) is 5.41 Å². The van der Waals surface area contributed by atoms with Crippen LogP contribution >= 0.6 is 0 Å². The van der Waals surface area contributed by atoms with Crippen molar-refractivity contribution < 1.29 is 10.2 Å². The lowest BCUT2D eigenvalue weighted by Gasteiger charge is -2.36. The molecule has 0 amide bonds. The minimum atomic E-state index is -0.314. The molecule has 0 spiro atoms. The lowest BCUT2D eigenvalue weighted by atomic mass is 9.69. The standard InChI is InChI=1S/C17H28O2/c1-12(2)15(5)17(11-14(4)19)8-6-16(7-9-17)10-13(3)18/h6-8,13-14,18-19H,9-11H2,1-5H3. The van der Waals surface area contributed by atoms with Crippen LogP contribution in [0.3, 0.4) is 0 Å². The van der Waals surface area contributed by atoms with Crippen LogP contribution in [0.5, 0.6) is 0 Å². The fraction of sp³-hybridized carbons (Fsp3) is 0.647. The molecule has 2 heteroatoms. The Bertz CT molecular complexity index is 395. The van der Waals surface area contributed by atoms with Gasteiger partial charge in [-0.05, 0) is 59.5 Å². The molecule has 0 aromatic rings. The Kier molecular flexibility index (Phi) is 5.57. The molecule has 0 radical (unpaired) electrons. The summed E-state index contributed by atoms with van der Waals surface area (Å²) in [6.07, 6.45) is 8.30. The highest BCUT2D eigenvalue weighted by Gasteiger charge is 2.32. The Hall–Kier alpha value is -0.860. The third-order valence-electron chi connectivity index (χ3n) is 4.03. The van der Waals surface area contributed by atoms with Gasteiger partial charge in [0.25, 0.3) is 0 Å². The predicted molar refractivity (Wildman–Crippen MR) is 80.9 cm³/mol. The summed E-state index contributed by atoms with van der Waals surface area (Å²) < 4.78 is 0. The Morgan fingerprint density at radius 3 is 2.21 bits per heavy atom. The zero-order valence-electron chi connectivity index (χ0n) is 12.9. The number of aliphatic hydroxyl groups excluding tert-OH is 2. The summed E-state index contributed by atoms with van der Waals surface area (Å²) in [6.45, 7) is 10.1. The number of aliphatic hydroxyl groups is 2. The minimum absolute atomic E-state index is 0.0603. The van der Waals surface area contributed by atoms with E-state index in [0.29, 0.717) is 6.42 Å². The van der Waals surface area contributed by atoms with E-state index in [4.69, 9.17) is 0 Å². The second-order valence-corrected chi connectivity index (χ2v) is 6.20. The van der Waals surface area contributed by atoms with Gasteiger partial charge in [0.1, 0.15) is 0 Å². The van der Waals surface area contributed by atoms with E-state index >= 15 is 0 Å². The predicted octanol–water partition coefficient (Wildman–Crippen LogP) is 3.76. The molecule has 0 aliphatic heterocycles. The lowest BCUT2D eigenvalue weighted by molar-refractivity contribution is 0.147. The maximum Gasteiger partial charge on any atom is 0.0552 e. The molecular formula is C17H28O2. The molecule has 108 valence electrons. The van der Waals surface area contributed by atoms with Gasteiger partial charge in [-0.15, -0.1) is 0 Å². The highest BCUT2D eigenvalue weighted by atomic mass is 16.3. The molecule has 1 aliphatic rings. The van der Waals surface area contributed by atoms with Crippen molar-refractivity contribution in [1.82, 2.24) is 0 Å². The van der Waals surface area contributed by atoms with Gasteiger partial charge in [-0.25, -0.2) is 0 Å². The topological polar surface area (TPSA) is 40.5 Å². The van der Waals surface area contributed by atoms with Gasteiger partial charge in [-0.1, -0.05) is 29.4 Å². The molecule has 2 N–H and O–H groups in total. The SMILES string of the molecule is CC(C)=C(C)C1(CC(C)O)C=CC(CC(C)O)=CC1. The molecule has 3 atom stereocenters. The molecule has 0 aromatic carbocycles. The van der Waals surface area contributed by atoms with Crippen molar-refractivity contribution in [2.24, 2.45) is 5.41 Å². The van der Waals surface area contributed by atoms with Gasteiger partial charge in [0.15, 0.2) is 0 Å². The normalized spacial score (nSPS) is 25.7. The van der Waals surface area contributed by atoms with Crippen molar-refractivity contribution >= 4 is 0 Å². The van der Waals surface area contributed by atoms with Crippen molar-refractivity contribution in [3.8, 4) is 0 Å². The monoisotopic (exact) mass is 264 g/mol. The number of hydrogen-bond acceptors (Lipinski definition) is 2. The van der Waals surface area contributed by atoms with E-state index in [2.05, 4.69) is 39.0 Å². The molecule has 0 fully saturated rings. The van der Waals surface area contributed by atoms with Crippen molar-refractivity contribution in [3.05, 3.63) is 34.9 Å². The second kappa shape index (κ2) is 6.53. The summed E-state index contributed by atoms with van der Waals surface area (Å²) >= 11 is 0. The fourth-order valence-corrected chi connectivity index (χ4v) is 2.82. The average Bonchev–Trinajstić information content (AvgIpc) is 2.29. The van der Waals surface area contributed by atoms with Crippen LogP contribution in [0.1, 0.15) is 53.9 Å². The highest BCUT2D eigenvalue weighted by molar-refractivity contribution is 5.35. The van der Waals surface area contributed by atoms with Gasteiger partial charge in [0.2, 0.25) is 0 Å². The van der Waals surface area contributed by atoms with Gasteiger partial charge < -0.3 is 10.2 Å². The van der Waals surface area contributed by atoms with E-state index in [1.54, 1.807) is 0 Å². The molecule has 2 nitrogen and oxygen atoms in total. The zero-order valence-corrected chi connectivity index (χ0v) is 12.9. The third kappa shape index (κ3) is 4.32. The quantitative estimate of drug-likeness (QED) is 0.742. The first kappa shape index (κ1) is 16.2. The van der Waals surface area contributed by atoms with Crippen molar-refractivity contribution in [2.75, 3.05) is 0 Å². The van der Waals surface area contributed by atoms with Crippen LogP contribution in [-0.2, 0) is 0 Å². The van der Waals surface area contributed by atoms with E-state index < -0.39 is 0 Å². The molecule has 0 saturated heterocycles. The van der Waals surface area contributed by atoms with Crippen LogP contribution in [0.25, 0.3) is 0 Å². The van der Waals surface area contributed by atoms with Crippen molar-refractivity contribution in [1.29, 1.82) is 0 Å². The maximum absolute atomic E-state index is 9.79. The lowest BCUT2D eigenvalue weighted by Crippen LogP contribution is -2.27. The first-order chi connectivity index (χ1) is 8.77. The first-order valence-electron chi connectivity index (χ1n) is 7.16. The molecule has 0 heterocycles. The van der Waals surface area contributed by atoms with E-state index in [0.717, 1.165) is 12.8 Å². The van der Waals surface area contributed by atoms with Crippen LogP contribution in [0, 0.1) is 5.41 Å². The zero-order chi connectivity index (χ0) is 14.6. The molecule has 0 saturated carbocycles. The largest absolute Gasteiger partial charge is 0.393 e. The van der Waals surface area contributed by atoms with Crippen LogP contribution < -0.4 is 0 Å².